The van der Waals surface area contributed by atoms with E-state index in [4.69, 9.17) is 10.8 Å². The number of benzene rings is 1. The summed E-state index contributed by atoms with van der Waals surface area (Å²) >= 11 is 1.35. The van der Waals surface area contributed by atoms with E-state index in [2.05, 4.69) is 10.1 Å². The van der Waals surface area contributed by atoms with Gasteiger partial charge in [-0.15, -0.1) is 0 Å². The molecule has 1 aromatic heterocycles. The van der Waals surface area contributed by atoms with Gasteiger partial charge in [-0.3, -0.25) is 0 Å². The Kier molecular flexibility index (Phi) is 3.24. The number of rotatable bonds is 3. The molecule has 0 spiro atoms. The van der Waals surface area contributed by atoms with Crippen LogP contribution in [0.4, 0.5) is 5.69 Å². The van der Waals surface area contributed by atoms with Crippen LogP contribution in [0.5, 0.6) is 0 Å². The van der Waals surface area contributed by atoms with Crippen molar-refractivity contribution >= 4 is 23.4 Å². The van der Waals surface area contributed by atoms with Crippen molar-refractivity contribution in [2.45, 2.75) is 17.0 Å². The number of aryl methyl sites for hydroxylation is 2. The number of aromatic nitrogens is 3. The molecule has 0 saturated heterocycles. The zero-order valence-electron chi connectivity index (χ0n) is 9.91. The highest BCUT2D eigenvalue weighted by molar-refractivity contribution is 7.99. The predicted octanol–water partition coefficient (Wildman–Crippen LogP) is 1.56. The van der Waals surface area contributed by atoms with Gasteiger partial charge < -0.3 is 10.8 Å². The Morgan fingerprint density at radius 3 is 2.78 bits per heavy atom. The Labute approximate surface area is 108 Å². The van der Waals surface area contributed by atoms with Gasteiger partial charge in [0, 0.05) is 17.6 Å². The molecule has 2 aromatic rings. The average Bonchev–Trinajstić information content (AvgIpc) is 2.69. The summed E-state index contributed by atoms with van der Waals surface area (Å²) in [6.45, 7) is 1.78. The summed E-state index contributed by atoms with van der Waals surface area (Å²) in [6.07, 6.45) is 1.45. The third-order valence-corrected chi connectivity index (χ3v) is 3.49. The van der Waals surface area contributed by atoms with Crippen molar-refractivity contribution in [2.75, 3.05) is 5.73 Å². The molecule has 0 amide bonds. The van der Waals surface area contributed by atoms with E-state index in [1.165, 1.54) is 18.1 Å². The summed E-state index contributed by atoms with van der Waals surface area (Å²) in [5.74, 6) is -1.03. The Hall–Kier alpha value is -2.02. The van der Waals surface area contributed by atoms with Gasteiger partial charge in [0.1, 0.15) is 6.33 Å². The van der Waals surface area contributed by atoms with Gasteiger partial charge in [-0.05, 0) is 24.6 Å². The second-order valence-electron chi connectivity index (χ2n) is 3.77. The predicted molar refractivity (Wildman–Crippen MR) is 67.7 cm³/mol. The minimum absolute atomic E-state index is 0.111. The second-order valence-corrected chi connectivity index (χ2v) is 4.82. The minimum Gasteiger partial charge on any atom is -0.478 e. The lowest BCUT2D eigenvalue weighted by molar-refractivity contribution is 0.0697. The van der Waals surface area contributed by atoms with Crippen LogP contribution >= 0.6 is 11.8 Å². The molecule has 0 radical (unpaired) electrons. The number of nitrogen functional groups attached to an aromatic ring is 1. The first-order chi connectivity index (χ1) is 8.49. The number of aromatic carboxylic acids is 1. The SMILES string of the molecule is Cc1cc(Sc2ncnn2C)cc(C(=O)O)c1N. The molecule has 6 nitrogen and oxygen atoms in total. The third kappa shape index (κ3) is 2.30. The smallest absolute Gasteiger partial charge is 0.337 e. The summed E-state index contributed by atoms with van der Waals surface area (Å²) in [6, 6.07) is 3.38. The zero-order valence-corrected chi connectivity index (χ0v) is 10.7. The van der Waals surface area contributed by atoms with Gasteiger partial charge in [-0.2, -0.15) is 5.10 Å². The highest BCUT2D eigenvalue weighted by atomic mass is 32.2. The molecule has 0 fully saturated rings. The van der Waals surface area contributed by atoms with Crippen molar-refractivity contribution < 1.29 is 9.90 Å². The lowest BCUT2D eigenvalue weighted by atomic mass is 10.1. The maximum Gasteiger partial charge on any atom is 0.337 e. The number of carboxylic acid groups (broad SMARTS) is 1. The van der Waals surface area contributed by atoms with Crippen LogP contribution in [-0.4, -0.2) is 25.8 Å². The number of hydrogen-bond acceptors (Lipinski definition) is 5. The van der Waals surface area contributed by atoms with Gasteiger partial charge in [0.25, 0.3) is 0 Å². The molecule has 3 N–H and O–H groups in total. The van der Waals surface area contributed by atoms with E-state index in [0.29, 0.717) is 10.8 Å². The largest absolute Gasteiger partial charge is 0.478 e. The van der Waals surface area contributed by atoms with Crippen molar-refractivity contribution in [3.63, 3.8) is 0 Å². The van der Waals surface area contributed by atoms with E-state index >= 15 is 0 Å². The van der Waals surface area contributed by atoms with Crippen LogP contribution in [0.15, 0.2) is 28.5 Å². The van der Waals surface area contributed by atoms with Crippen LogP contribution in [0.25, 0.3) is 0 Å². The Bertz CT molecular complexity index is 609. The Balaban J connectivity index is 2.41. The standard InChI is InChI=1S/C11H12N4O2S/c1-6-3-7(4-8(9(6)12)10(16)17)18-11-13-5-14-15(11)2/h3-5H,12H2,1-2H3,(H,16,17). The summed E-state index contributed by atoms with van der Waals surface area (Å²) in [7, 11) is 1.78. The molecule has 1 aromatic carbocycles. The van der Waals surface area contributed by atoms with Gasteiger partial charge in [0.2, 0.25) is 0 Å². The highest BCUT2D eigenvalue weighted by Crippen LogP contribution is 2.30. The monoisotopic (exact) mass is 264 g/mol. The second kappa shape index (κ2) is 4.69. The Morgan fingerprint density at radius 2 is 2.22 bits per heavy atom. The van der Waals surface area contributed by atoms with Gasteiger partial charge in [-0.25, -0.2) is 14.5 Å². The van der Waals surface area contributed by atoms with Crippen LogP contribution in [0.1, 0.15) is 15.9 Å². The molecule has 0 aliphatic heterocycles. The van der Waals surface area contributed by atoms with Gasteiger partial charge in [0.05, 0.1) is 5.56 Å². The first kappa shape index (κ1) is 12.4. The summed E-state index contributed by atoms with van der Waals surface area (Å²) in [5, 5.41) is 13.7. The topological polar surface area (TPSA) is 94.0 Å². The molecule has 0 bridgehead atoms. The lowest BCUT2D eigenvalue weighted by Crippen LogP contribution is -2.04. The molecular formula is C11H12N4O2S. The van der Waals surface area contributed by atoms with Gasteiger partial charge >= 0.3 is 5.97 Å². The first-order valence-electron chi connectivity index (χ1n) is 5.14. The molecule has 2 rings (SSSR count). The van der Waals surface area contributed by atoms with Crippen LogP contribution in [0, 0.1) is 6.92 Å². The third-order valence-electron chi connectivity index (χ3n) is 2.47. The number of nitrogens with zero attached hydrogens (tertiary/aromatic N) is 3. The highest BCUT2D eigenvalue weighted by Gasteiger charge is 2.13. The zero-order chi connectivity index (χ0) is 13.3. The molecule has 0 aliphatic carbocycles. The normalized spacial score (nSPS) is 10.6. The van der Waals surface area contributed by atoms with Crippen molar-refractivity contribution in [2.24, 2.45) is 7.05 Å². The number of hydrogen-bond donors (Lipinski definition) is 2. The molecule has 0 unspecified atom stereocenters. The minimum atomic E-state index is -1.03. The van der Waals surface area contributed by atoms with Crippen molar-refractivity contribution in [1.82, 2.24) is 14.8 Å². The van der Waals surface area contributed by atoms with Crippen molar-refractivity contribution in [3.05, 3.63) is 29.6 Å². The molecular weight excluding hydrogens is 252 g/mol. The van der Waals surface area contributed by atoms with E-state index in [-0.39, 0.29) is 5.56 Å². The van der Waals surface area contributed by atoms with Crippen LogP contribution < -0.4 is 5.73 Å². The maximum absolute atomic E-state index is 11.1. The Morgan fingerprint density at radius 1 is 1.50 bits per heavy atom. The van der Waals surface area contributed by atoms with E-state index in [1.807, 2.05) is 6.07 Å². The summed E-state index contributed by atoms with van der Waals surface area (Å²) in [4.78, 5) is 15.9. The van der Waals surface area contributed by atoms with E-state index in [1.54, 1.807) is 24.7 Å². The first-order valence-corrected chi connectivity index (χ1v) is 5.96. The molecule has 1 heterocycles. The summed E-state index contributed by atoms with van der Waals surface area (Å²) < 4.78 is 1.62. The average molecular weight is 264 g/mol. The molecule has 0 aliphatic rings. The number of carbonyl (C=O) groups is 1. The number of anilines is 1. The van der Waals surface area contributed by atoms with E-state index < -0.39 is 5.97 Å². The molecule has 18 heavy (non-hydrogen) atoms. The number of nitrogens with two attached hydrogens (primary N) is 1. The van der Waals surface area contributed by atoms with E-state index in [9.17, 15) is 4.79 Å². The number of carboxylic acids is 1. The van der Waals surface area contributed by atoms with Gasteiger partial charge in [0.15, 0.2) is 5.16 Å². The molecule has 0 atom stereocenters. The lowest BCUT2D eigenvalue weighted by Gasteiger charge is -2.08. The quantitative estimate of drug-likeness (QED) is 0.817. The fraction of sp³-hybridized carbons (Fsp3) is 0.182. The fourth-order valence-electron chi connectivity index (χ4n) is 1.48. The summed E-state index contributed by atoms with van der Waals surface area (Å²) in [5.41, 5.74) is 6.88. The molecule has 7 heteroatoms. The van der Waals surface area contributed by atoms with E-state index in [0.717, 1.165) is 10.5 Å². The van der Waals surface area contributed by atoms with Crippen molar-refractivity contribution in [1.29, 1.82) is 0 Å². The van der Waals surface area contributed by atoms with Crippen LogP contribution in [0.2, 0.25) is 0 Å². The van der Waals surface area contributed by atoms with Crippen LogP contribution in [-0.2, 0) is 7.05 Å². The van der Waals surface area contributed by atoms with Crippen LogP contribution in [0.3, 0.4) is 0 Å². The van der Waals surface area contributed by atoms with Crippen molar-refractivity contribution in [3.8, 4) is 0 Å². The molecule has 0 saturated carbocycles. The van der Waals surface area contributed by atoms with Gasteiger partial charge in [-0.1, -0.05) is 11.8 Å². The maximum atomic E-state index is 11.1. The molecule has 94 valence electrons. The fourth-order valence-corrected chi connectivity index (χ4v) is 2.39.